The van der Waals surface area contributed by atoms with Crippen LogP contribution < -0.4 is 5.31 Å². The lowest BCUT2D eigenvalue weighted by atomic mass is 10.0. The molecular formula is C16H21N3O2. The van der Waals surface area contributed by atoms with E-state index >= 15 is 0 Å². The molecule has 1 aromatic heterocycles. The van der Waals surface area contributed by atoms with Gasteiger partial charge >= 0.3 is 6.09 Å². The average Bonchev–Trinajstić information content (AvgIpc) is 3.14. The van der Waals surface area contributed by atoms with Gasteiger partial charge in [-0.1, -0.05) is 6.07 Å². The van der Waals surface area contributed by atoms with Crippen molar-refractivity contribution in [1.82, 2.24) is 15.2 Å². The molecule has 0 radical (unpaired) electrons. The molecule has 5 nitrogen and oxygen atoms in total. The van der Waals surface area contributed by atoms with Gasteiger partial charge in [0.05, 0.1) is 8.76 Å². The van der Waals surface area contributed by atoms with Gasteiger partial charge in [-0.3, -0.25) is 0 Å². The van der Waals surface area contributed by atoms with Crippen LogP contribution in [0, 0.1) is 0 Å². The Hall–Kier alpha value is -2.01. The molecule has 2 aromatic rings. The molecule has 1 saturated heterocycles. The number of nitrogens with zero attached hydrogens (tertiary/aromatic N) is 1. The molecule has 0 bridgehead atoms. The van der Waals surface area contributed by atoms with E-state index in [1.807, 2.05) is 0 Å². The summed E-state index contributed by atoms with van der Waals surface area (Å²) in [5, 5.41) is -0.230. The first-order chi connectivity index (χ1) is 15.2. The van der Waals surface area contributed by atoms with Crippen LogP contribution in [0.5, 0.6) is 0 Å². The van der Waals surface area contributed by atoms with Crippen LogP contribution in [0.15, 0.2) is 24.4 Å². The first-order valence-corrected chi connectivity index (χ1v) is 6.08. The molecule has 1 aliphatic heterocycles. The molecule has 1 aromatic carbocycles. The number of ether oxygens (including phenoxy) is 1. The van der Waals surface area contributed by atoms with Crippen LogP contribution in [-0.2, 0) is 17.5 Å². The van der Waals surface area contributed by atoms with Gasteiger partial charge in [0, 0.05) is 35.9 Å². The number of amides is 1. The minimum Gasteiger partial charge on any atom is -0.447 e. The van der Waals surface area contributed by atoms with Crippen molar-refractivity contribution in [2.45, 2.75) is 18.8 Å². The summed E-state index contributed by atoms with van der Waals surface area (Å²) in [6.45, 7) is -7.01. The maximum atomic E-state index is 11.6. The van der Waals surface area contributed by atoms with E-state index in [0.717, 1.165) is 25.2 Å². The number of aromatic nitrogens is 1. The Labute approximate surface area is 142 Å². The SMILES string of the molecule is [2H]c1c(C([2H])([2H])C([2H])([2H])N(C)C([2H])([2H])[2H])c2cc(C([2H])([2H])[C@@]3([2H])COC(=O)N3[2H])ccc2n1[2H]. The van der Waals surface area contributed by atoms with Crippen LogP contribution in [-0.4, -0.2) is 49.1 Å². The Balaban J connectivity index is 2.25. The van der Waals surface area contributed by atoms with Gasteiger partial charge in [0.1, 0.15) is 6.61 Å². The van der Waals surface area contributed by atoms with Crippen molar-refractivity contribution in [2.24, 2.45) is 0 Å². The van der Waals surface area contributed by atoms with E-state index in [-0.39, 0.29) is 26.7 Å². The van der Waals surface area contributed by atoms with Crippen LogP contribution in [0.25, 0.3) is 10.9 Å². The summed E-state index contributed by atoms with van der Waals surface area (Å²) in [7, 11) is 0.849. The summed E-state index contributed by atoms with van der Waals surface area (Å²) in [6.07, 6.45) is -7.94. The van der Waals surface area contributed by atoms with Crippen LogP contribution in [0.3, 0.4) is 0 Å². The molecule has 2 heterocycles. The topological polar surface area (TPSA) is 57.4 Å². The number of nitrogens with one attached hydrogen (secondary N) is 2. The van der Waals surface area contributed by atoms with E-state index in [2.05, 4.69) is 4.74 Å². The number of aryl methyl sites for hydroxylation is 1. The summed E-state index contributed by atoms with van der Waals surface area (Å²) in [5.41, 5.74) is -1.12. The molecule has 21 heavy (non-hydrogen) atoms. The molecule has 1 atom stereocenters. The first kappa shape index (κ1) is 5.32. The van der Waals surface area contributed by atoms with E-state index in [9.17, 15) is 4.79 Å². The zero-order valence-corrected chi connectivity index (χ0v) is 11.1. The van der Waals surface area contributed by atoms with E-state index in [1.165, 1.54) is 0 Å². The minimum absolute atomic E-state index is 0.0346. The first-order valence-electron chi connectivity index (χ1n) is 12.5. The number of benzene rings is 1. The van der Waals surface area contributed by atoms with Gasteiger partial charge in [0.2, 0.25) is 0 Å². The summed E-state index contributed by atoms with van der Waals surface area (Å²) >= 11 is 0. The third-order valence-corrected chi connectivity index (χ3v) is 2.75. The summed E-state index contributed by atoms with van der Waals surface area (Å²) in [4.78, 5) is 12.3. The van der Waals surface area contributed by atoms with Crippen molar-refractivity contribution < 1.29 is 27.4 Å². The third kappa shape index (κ3) is 3.19. The largest absolute Gasteiger partial charge is 0.447 e. The van der Waals surface area contributed by atoms with Crippen LogP contribution in [0.1, 0.15) is 26.2 Å². The molecule has 1 amide bonds. The monoisotopic (exact) mass is 300 g/mol. The normalized spacial score (nSPS) is 33.9. The number of cyclic esters (lactones) is 1. The van der Waals surface area contributed by atoms with Gasteiger partial charge < -0.3 is 19.9 Å². The molecule has 112 valence electrons. The highest BCUT2D eigenvalue weighted by atomic mass is 16.6. The van der Waals surface area contributed by atoms with E-state index in [0.29, 0.717) is 4.98 Å². The quantitative estimate of drug-likeness (QED) is 0.887. The maximum absolute atomic E-state index is 11.6. The summed E-state index contributed by atoms with van der Waals surface area (Å²) in [6, 6.07) is 0.790. The molecule has 1 fully saturated rings. The van der Waals surface area contributed by atoms with Crippen molar-refractivity contribution >= 4 is 17.0 Å². The molecule has 0 aliphatic carbocycles. The number of hydrogen-bond donors (Lipinski definition) is 2. The molecule has 2 N–H and O–H groups in total. The number of fused-ring (bicyclic) bond motifs is 1. The van der Waals surface area contributed by atoms with Gasteiger partial charge in [0.25, 0.3) is 0 Å². The Bertz CT molecular complexity index is 1150. The maximum Gasteiger partial charge on any atom is 0.407 e. The standard InChI is InChI=1S/C16H21N3O2/c1-19(2)6-5-12-9-17-15-4-3-11(8-14(12)15)7-13-10-21-16(20)18-13/h3-4,8-9,13,17H,5-7,10H2,1-2H3,(H,18,20)/t13-/m0/s1/i1D3,5D2,6D2,7D2,9D,13D/hD2. The fourth-order valence-electron chi connectivity index (χ4n) is 1.86. The number of alkyl carbamates (subject to hydrolysis) is 1. The lowest BCUT2D eigenvalue weighted by Crippen LogP contribution is -2.28. The Morgan fingerprint density at radius 2 is 2.62 bits per heavy atom. The number of aromatic amines is 1. The number of hydrogen-bond acceptors (Lipinski definition) is 3. The van der Waals surface area contributed by atoms with E-state index in [4.69, 9.17) is 17.9 Å². The fourth-order valence-corrected chi connectivity index (χ4v) is 1.86. The predicted molar refractivity (Wildman–Crippen MR) is 82.5 cm³/mol. The number of likely N-dealkylation sites (N-methyl/N-ethyl adjacent to an activating group) is 1. The number of carbonyl (C=O) groups is 1. The number of H-pyrrole nitrogens is 1. The van der Waals surface area contributed by atoms with Crippen molar-refractivity contribution in [3.8, 4) is 0 Å². The van der Waals surface area contributed by atoms with Crippen molar-refractivity contribution in [1.29, 1.82) is 0 Å². The predicted octanol–water partition coefficient (Wildman–Crippen LogP) is 1.92. The molecule has 0 saturated carbocycles. The van der Waals surface area contributed by atoms with Crippen LogP contribution in [0.2, 0.25) is 2.82 Å². The zero-order chi connectivity index (χ0) is 26.2. The minimum atomic E-state index is -3.20. The average molecular weight is 300 g/mol. The molecule has 1 aliphatic rings. The highest BCUT2D eigenvalue weighted by Crippen LogP contribution is 2.21. The van der Waals surface area contributed by atoms with Gasteiger partial charge in [0.15, 0.2) is 2.82 Å². The smallest absolute Gasteiger partial charge is 0.407 e. The molecule has 0 unspecified atom stereocenters. The molecule has 0 spiro atoms. The summed E-state index contributed by atoms with van der Waals surface area (Å²) in [5.74, 6) is 0. The summed E-state index contributed by atoms with van der Waals surface area (Å²) < 4.78 is 110. The van der Waals surface area contributed by atoms with Crippen molar-refractivity contribution in [3.05, 3.63) is 35.5 Å². The van der Waals surface area contributed by atoms with Crippen LogP contribution >= 0.6 is 0 Å². The molecular weight excluding hydrogens is 266 g/mol. The number of rotatable bonds is 5. The van der Waals surface area contributed by atoms with Gasteiger partial charge in [-0.2, -0.15) is 0 Å². The van der Waals surface area contributed by atoms with Gasteiger partial charge in [-0.15, -0.1) is 0 Å². The lowest BCUT2D eigenvalue weighted by Gasteiger charge is -2.09. The zero-order valence-electron chi connectivity index (χ0n) is 24.1. The highest BCUT2D eigenvalue weighted by Gasteiger charge is 2.22. The lowest BCUT2D eigenvalue weighted by molar-refractivity contribution is 0.177. The van der Waals surface area contributed by atoms with E-state index in [1.54, 1.807) is 0 Å². The van der Waals surface area contributed by atoms with Crippen LogP contribution in [0.4, 0.5) is 4.79 Å². The second-order valence-corrected chi connectivity index (χ2v) is 4.36. The third-order valence-electron chi connectivity index (χ3n) is 2.75. The van der Waals surface area contributed by atoms with Gasteiger partial charge in [-0.25, -0.2) is 4.79 Å². The Morgan fingerprint density at radius 3 is 3.38 bits per heavy atom. The molecule has 5 heteroatoms. The fraction of sp³-hybridized carbons (Fsp3) is 0.438. The molecule has 3 rings (SSSR count). The van der Waals surface area contributed by atoms with Crippen molar-refractivity contribution in [2.75, 3.05) is 27.1 Å². The highest BCUT2D eigenvalue weighted by molar-refractivity contribution is 5.84. The van der Waals surface area contributed by atoms with Crippen molar-refractivity contribution in [3.63, 3.8) is 0 Å². The Morgan fingerprint density at radius 1 is 1.71 bits per heavy atom. The second-order valence-electron chi connectivity index (χ2n) is 4.36. The number of carbonyl (C=O) groups excluding carboxylic acids is 1. The van der Waals surface area contributed by atoms with Gasteiger partial charge in [-0.05, 0) is 50.0 Å². The Kier molecular flexibility index (Phi) is 1.46. The second kappa shape index (κ2) is 5.77. The van der Waals surface area contributed by atoms with E-state index < -0.39 is 56.7 Å².